The van der Waals surface area contributed by atoms with E-state index in [1.165, 1.54) is 12.8 Å². The molecule has 0 bridgehead atoms. The van der Waals surface area contributed by atoms with E-state index in [1.54, 1.807) is 7.11 Å². The summed E-state index contributed by atoms with van der Waals surface area (Å²) in [7, 11) is 1.68. The number of fused-ring (bicyclic) bond motifs is 1. The topological polar surface area (TPSA) is 42.7 Å². The predicted molar refractivity (Wildman–Crippen MR) is 91.2 cm³/mol. The molecule has 0 saturated carbocycles. The third-order valence-electron chi connectivity index (χ3n) is 4.35. The van der Waals surface area contributed by atoms with Gasteiger partial charge in [0, 0.05) is 36.5 Å². The van der Waals surface area contributed by atoms with Crippen molar-refractivity contribution >= 4 is 11.5 Å². The number of hydrogen-bond acceptors (Lipinski definition) is 4. The lowest BCUT2D eigenvalue weighted by atomic mass is 10.1. The van der Waals surface area contributed by atoms with Crippen LogP contribution in [-0.2, 0) is 0 Å². The quantitative estimate of drug-likeness (QED) is 0.744. The Kier molecular flexibility index (Phi) is 3.41. The van der Waals surface area contributed by atoms with Crippen molar-refractivity contribution in [3.05, 3.63) is 42.1 Å². The molecule has 23 heavy (non-hydrogen) atoms. The molecule has 0 N–H and O–H groups in total. The van der Waals surface area contributed by atoms with Gasteiger partial charge in [-0.1, -0.05) is 0 Å². The van der Waals surface area contributed by atoms with Crippen molar-refractivity contribution in [3.8, 4) is 17.0 Å². The summed E-state index contributed by atoms with van der Waals surface area (Å²) in [6, 6.07) is 12.2. The molecule has 1 aliphatic heterocycles. The molecule has 118 valence electrons. The van der Waals surface area contributed by atoms with E-state index in [1.807, 2.05) is 41.8 Å². The smallest absolute Gasteiger partial charge is 0.158 e. The summed E-state index contributed by atoms with van der Waals surface area (Å²) in [5, 5.41) is 4.80. The summed E-state index contributed by atoms with van der Waals surface area (Å²) in [5.41, 5.74) is 3.94. The molecule has 0 atom stereocenters. The number of aryl methyl sites for hydroxylation is 1. The van der Waals surface area contributed by atoms with Crippen LogP contribution in [-0.4, -0.2) is 34.8 Å². The molecule has 1 saturated heterocycles. The van der Waals surface area contributed by atoms with E-state index in [2.05, 4.69) is 16.0 Å². The average Bonchev–Trinajstić information content (AvgIpc) is 3.23. The summed E-state index contributed by atoms with van der Waals surface area (Å²) in [6.07, 6.45) is 2.49. The molecule has 3 heterocycles. The predicted octanol–water partition coefficient (Wildman–Crippen LogP) is 3.31. The highest BCUT2D eigenvalue weighted by molar-refractivity contribution is 5.66. The Hall–Kier alpha value is -2.56. The van der Waals surface area contributed by atoms with Gasteiger partial charge in [0.2, 0.25) is 0 Å². The fourth-order valence-corrected chi connectivity index (χ4v) is 3.15. The Balaban J connectivity index is 1.81. The molecule has 0 aliphatic carbocycles. The Morgan fingerprint density at radius 1 is 1.04 bits per heavy atom. The van der Waals surface area contributed by atoms with Gasteiger partial charge in [0.15, 0.2) is 5.65 Å². The van der Waals surface area contributed by atoms with Crippen LogP contribution in [0.5, 0.6) is 5.75 Å². The van der Waals surface area contributed by atoms with Crippen LogP contribution in [0.15, 0.2) is 36.4 Å². The van der Waals surface area contributed by atoms with Crippen molar-refractivity contribution in [2.24, 2.45) is 0 Å². The number of rotatable bonds is 3. The van der Waals surface area contributed by atoms with Crippen molar-refractivity contribution in [2.75, 3.05) is 25.1 Å². The van der Waals surface area contributed by atoms with Crippen LogP contribution < -0.4 is 9.64 Å². The van der Waals surface area contributed by atoms with E-state index in [9.17, 15) is 0 Å². The molecule has 0 unspecified atom stereocenters. The van der Waals surface area contributed by atoms with Crippen LogP contribution in [0, 0.1) is 6.92 Å². The van der Waals surface area contributed by atoms with E-state index in [0.29, 0.717) is 0 Å². The third kappa shape index (κ3) is 2.52. The SMILES string of the molecule is COc1ccc(-c2cc3nc(C)cc(N4CCCC4)n3n2)cc1. The van der Waals surface area contributed by atoms with E-state index < -0.39 is 0 Å². The van der Waals surface area contributed by atoms with Crippen LogP contribution in [0.1, 0.15) is 18.5 Å². The highest BCUT2D eigenvalue weighted by Crippen LogP contribution is 2.26. The molecule has 5 heteroatoms. The maximum atomic E-state index is 5.22. The van der Waals surface area contributed by atoms with Gasteiger partial charge in [-0.2, -0.15) is 9.61 Å². The molecule has 0 spiro atoms. The number of anilines is 1. The zero-order valence-corrected chi connectivity index (χ0v) is 13.5. The normalized spacial score (nSPS) is 14.6. The molecule has 5 nitrogen and oxygen atoms in total. The first kappa shape index (κ1) is 14.1. The number of ether oxygens (including phenoxy) is 1. The number of methoxy groups -OCH3 is 1. The van der Waals surface area contributed by atoms with Crippen LogP contribution in [0.2, 0.25) is 0 Å². The zero-order chi connectivity index (χ0) is 15.8. The fourth-order valence-electron chi connectivity index (χ4n) is 3.15. The highest BCUT2D eigenvalue weighted by atomic mass is 16.5. The average molecular weight is 308 g/mol. The van der Waals surface area contributed by atoms with E-state index in [0.717, 1.165) is 47.3 Å². The monoisotopic (exact) mass is 308 g/mol. The minimum absolute atomic E-state index is 0.851. The molecule has 3 aromatic rings. The standard InChI is InChI=1S/C18H20N4O/c1-13-11-18(21-9-3-4-10-21)22-17(19-13)12-16(20-22)14-5-7-15(23-2)8-6-14/h5-8,11-12H,3-4,9-10H2,1-2H3. The van der Waals surface area contributed by atoms with Crippen molar-refractivity contribution in [1.29, 1.82) is 0 Å². The lowest BCUT2D eigenvalue weighted by Gasteiger charge is -2.18. The van der Waals surface area contributed by atoms with Crippen molar-refractivity contribution in [1.82, 2.24) is 14.6 Å². The summed E-state index contributed by atoms with van der Waals surface area (Å²) in [4.78, 5) is 7.03. The lowest BCUT2D eigenvalue weighted by molar-refractivity contribution is 0.415. The van der Waals surface area contributed by atoms with Gasteiger partial charge < -0.3 is 9.64 Å². The lowest BCUT2D eigenvalue weighted by Crippen LogP contribution is -2.21. The van der Waals surface area contributed by atoms with Crippen molar-refractivity contribution in [3.63, 3.8) is 0 Å². The van der Waals surface area contributed by atoms with Crippen LogP contribution in [0.3, 0.4) is 0 Å². The van der Waals surface area contributed by atoms with Crippen molar-refractivity contribution < 1.29 is 4.74 Å². The summed E-state index contributed by atoms with van der Waals surface area (Å²) < 4.78 is 7.19. The second-order valence-corrected chi connectivity index (χ2v) is 5.98. The second-order valence-electron chi connectivity index (χ2n) is 5.98. The fraction of sp³-hybridized carbons (Fsp3) is 0.333. The molecular formula is C18H20N4O. The molecule has 4 rings (SSSR count). The number of hydrogen-bond donors (Lipinski definition) is 0. The summed E-state index contributed by atoms with van der Waals surface area (Å²) in [6.45, 7) is 4.23. The number of benzene rings is 1. The minimum Gasteiger partial charge on any atom is -0.497 e. The Bertz CT molecular complexity index is 832. The maximum Gasteiger partial charge on any atom is 0.158 e. The number of nitrogens with zero attached hydrogens (tertiary/aromatic N) is 4. The van der Waals surface area contributed by atoms with Crippen LogP contribution in [0.4, 0.5) is 5.82 Å². The van der Waals surface area contributed by atoms with Gasteiger partial charge in [0.05, 0.1) is 12.8 Å². The van der Waals surface area contributed by atoms with Gasteiger partial charge >= 0.3 is 0 Å². The largest absolute Gasteiger partial charge is 0.497 e. The Labute approximate surface area is 135 Å². The molecular weight excluding hydrogens is 288 g/mol. The second kappa shape index (κ2) is 5.57. The van der Waals surface area contributed by atoms with Gasteiger partial charge in [-0.25, -0.2) is 4.98 Å². The first-order valence-corrected chi connectivity index (χ1v) is 8.01. The molecule has 0 radical (unpaired) electrons. The first-order chi connectivity index (χ1) is 11.2. The molecule has 2 aromatic heterocycles. The third-order valence-corrected chi connectivity index (χ3v) is 4.35. The summed E-state index contributed by atoms with van der Waals surface area (Å²) in [5.74, 6) is 1.99. The minimum atomic E-state index is 0.851. The van der Waals surface area contributed by atoms with E-state index in [-0.39, 0.29) is 0 Å². The molecule has 0 amide bonds. The van der Waals surface area contributed by atoms with Crippen LogP contribution >= 0.6 is 0 Å². The van der Waals surface area contributed by atoms with E-state index >= 15 is 0 Å². The Morgan fingerprint density at radius 2 is 1.78 bits per heavy atom. The van der Waals surface area contributed by atoms with Gasteiger partial charge in [-0.3, -0.25) is 0 Å². The Morgan fingerprint density at radius 3 is 2.48 bits per heavy atom. The first-order valence-electron chi connectivity index (χ1n) is 8.01. The molecule has 1 fully saturated rings. The zero-order valence-electron chi connectivity index (χ0n) is 13.5. The van der Waals surface area contributed by atoms with Crippen molar-refractivity contribution in [2.45, 2.75) is 19.8 Å². The van der Waals surface area contributed by atoms with Gasteiger partial charge in [-0.05, 0) is 44.0 Å². The summed E-state index contributed by atoms with van der Waals surface area (Å²) >= 11 is 0. The molecule has 1 aromatic carbocycles. The van der Waals surface area contributed by atoms with E-state index in [4.69, 9.17) is 9.84 Å². The highest BCUT2D eigenvalue weighted by Gasteiger charge is 2.18. The molecule has 1 aliphatic rings. The van der Waals surface area contributed by atoms with Gasteiger partial charge in [-0.15, -0.1) is 0 Å². The van der Waals surface area contributed by atoms with Gasteiger partial charge in [0.1, 0.15) is 11.6 Å². The van der Waals surface area contributed by atoms with Crippen LogP contribution in [0.25, 0.3) is 16.9 Å². The maximum absolute atomic E-state index is 5.22. The number of aromatic nitrogens is 3. The van der Waals surface area contributed by atoms with Gasteiger partial charge in [0.25, 0.3) is 0 Å².